The van der Waals surface area contributed by atoms with Crippen LogP contribution in [0.5, 0.6) is 5.75 Å². The van der Waals surface area contributed by atoms with Gasteiger partial charge < -0.3 is 19.7 Å². The Kier molecular flexibility index (Phi) is 8.62. The predicted octanol–water partition coefficient (Wildman–Crippen LogP) is 2.86. The quantitative estimate of drug-likeness (QED) is 0.350. The van der Waals surface area contributed by atoms with E-state index < -0.39 is 0 Å². The number of hydrogen-bond donors (Lipinski definition) is 1. The molecule has 0 spiro atoms. The normalized spacial score (nSPS) is 19.2. The molecule has 1 aliphatic carbocycles. The van der Waals surface area contributed by atoms with E-state index in [4.69, 9.17) is 14.5 Å². The molecule has 29 heavy (non-hydrogen) atoms. The fraction of sp³-hybridized carbons (Fsp3) is 0.696. The monoisotopic (exact) mass is 402 g/mol. The van der Waals surface area contributed by atoms with Gasteiger partial charge in [0, 0.05) is 59.0 Å². The maximum absolute atomic E-state index is 5.84. The van der Waals surface area contributed by atoms with Crippen molar-refractivity contribution < 1.29 is 9.47 Å². The van der Waals surface area contributed by atoms with E-state index in [0.717, 1.165) is 83.8 Å². The van der Waals surface area contributed by atoms with E-state index in [9.17, 15) is 0 Å². The Morgan fingerprint density at radius 3 is 2.48 bits per heavy atom. The minimum atomic E-state index is 0.395. The molecule has 0 amide bonds. The lowest BCUT2D eigenvalue weighted by molar-refractivity contribution is 0.129. The van der Waals surface area contributed by atoms with Gasteiger partial charge in [-0.05, 0) is 50.7 Å². The second-order valence-electron chi connectivity index (χ2n) is 8.11. The molecule has 6 nitrogen and oxygen atoms in total. The molecule has 2 aliphatic rings. The largest absolute Gasteiger partial charge is 0.492 e. The third-order valence-electron chi connectivity index (χ3n) is 5.93. The Labute approximate surface area is 176 Å². The first-order valence-corrected chi connectivity index (χ1v) is 11.3. The molecule has 0 unspecified atom stereocenters. The molecule has 0 bridgehead atoms. The third kappa shape index (κ3) is 7.19. The van der Waals surface area contributed by atoms with Gasteiger partial charge in [0.15, 0.2) is 5.96 Å². The number of hydrogen-bond acceptors (Lipinski definition) is 4. The van der Waals surface area contributed by atoms with Crippen molar-refractivity contribution in [2.75, 3.05) is 65.6 Å². The summed E-state index contributed by atoms with van der Waals surface area (Å²) in [6.45, 7) is 13.6. The molecule has 1 N–H and O–H groups in total. The van der Waals surface area contributed by atoms with Gasteiger partial charge >= 0.3 is 0 Å². The first kappa shape index (κ1) is 21.9. The minimum absolute atomic E-state index is 0.395. The molecule has 1 aromatic rings. The van der Waals surface area contributed by atoms with Crippen molar-refractivity contribution in [3.05, 3.63) is 30.3 Å². The number of ether oxygens (including phenoxy) is 2. The molecule has 1 saturated heterocycles. The van der Waals surface area contributed by atoms with E-state index in [1.807, 2.05) is 30.3 Å². The first-order chi connectivity index (χ1) is 14.2. The molecule has 0 aromatic heterocycles. The molecular weight excluding hydrogens is 364 g/mol. The molecule has 3 rings (SSSR count). The van der Waals surface area contributed by atoms with Crippen LogP contribution in [0.15, 0.2) is 35.3 Å². The molecule has 1 heterocycles. The van der Waals surface area contributed by atoms with Crippen molar-refractivity contribution in [2.45, 2.75) is 33.1 Å². The van der Waals surface area contributed by atoms with Crippen molar-refractivity contribution in [1.29, 1.82) is 0 Å². The van der Waals surface area contributed by atoms with Gasteiger partial charge in [-0.15, -0.1) is 0 Å². The zero-order valence-corrected chi connectivity index (χ0v) is 18.2. The number of piperazine rings is 1. The van der Waals surface area contributed by atoms with Crippen LogP contribution in [-0.2, 0) is 4.74 Å². The highest BCUT2D eigenvalue weighted by Crippen LogP contribution is 2.49. The maximum atomic E-state index is 5.84. The summed E-state index contributed by atoms with van der Waals surface area (Å²) in [6, 6.07) is 10.1. The van der Waals surface area contributed by atoms with Crippen LogP contribution in [0, 0.1) is 5.41 Å². The molecule has 1 saturated carbocycles. The fourth-order valence-electron chi connectivity index (χ4n) is 3.76. The number of aliphatic imine (C=N–C) groups is 1. The molecule has 0 radical (unpaired) electrons. The summed E-state index contributed by atoms with van der Waals surface area (Å²) in [5, 5.41) is 3.50. The third-order valence-corrected chi connectivity index (χ3v) is 5.93. The highest BCUT2D eigenvalue weighted by Gasteiger charge is 2.42. The molecular formula is C23H38N4O2. The Morgan fingerprint density at radius 2 is 1.83 bits per heavy atom. The van der Waals surface area contributed by atoms with Crippen LogP contribution in [0.1, 0.15) is 33.1 Å². The average Bonchev–Trinajstić information content (AvgIpc) is 3.53. The van der Waals surface area contributed by atoms with Gasteiger partial charge in [-0.3, -0.25) is 9.89 Å². The van der Waals surface area contributed by atoms with Crippen molar-refractivity contribution in [2.24, 2.45) is 10.4 Å². The average molecular weight is 403 g/mol. The summed E-state index contributed by atoms with van der Waals surface area (Å²) in [6.07, 6.45) is 3.72. The van der Waals surface area contributed by atoms with Gasteiger partial charge in [-0.1, -0.05) is 18.2 Å². The molecule has 6 heteroatoms. The number of benzene rings is 1. The van der Waals surface area contributed by atoms with Crippen molar-refractivity contribution >= 4 is 5.96 Å². The van der Waals surface area contributed by atoms with E-state index >= 15 is 0 Å². The number of nitrogens with one attached hydrogen (secondary N) is 1. The van der Waals surface area contributed by atoms with Crippen LogP contribution in [0.2, 0.25) is 0 Å². The maximum Gasteiger partial charge on any atom is 0.194 e. The fourth-order valence-corrected chi connectivity index (χ4v) is 3.76. The SMILES string of the molecule is CCNC(=NCC1(CCOCC)CC1)N1CCN(CCOc2ccccc2)CC1. The summed E-state index contributed by atoms with van der Waals surface area (Å²) in [4.78, 5) is 9.90. The zero-order valence-electron chi connectivity index (χ0n) is 18.2. The molecule has 0 atom stereocenters. The topological polar surface area (TPSA) is 49.3 Å². The van der Waals surface area contributed by atoms with E-state index in [1.54, 1.807) is 0 Å². The lowest BCUT2D eigenvalue weighted by Crippen LogP contribution is -2.53. The standard InChI is InChI=1S/C23H38N4O2/c1-3-24-22(25-20-23(10-11-23)12-18-28-4-2)27-15-13-26(14-16-27)17-19-29-21-8-6-5-7-9-21/h5-9H,3-4,10-20H2,1-2H3,(H,24,25). The summed E-state index contributed by atoms with van der Waals surface area (Å²) in [5.41, 5.74) is 0.395. The highest BCUT2D eigenvalue weighted by atomic mass is 16.5. The molecule has 1 aromatic carbocycles. The second kappa shape index (κ2) is 11.4. The number of guanidine groups is 1. The zero-order chi connectivity index (χ0) is 20.4. The molecule has 1 aliphatic heterocycles. The van der Waals surface area contributed by atoms with Crippen LogP contribution in [0.4, 0.5) is 0 Å². The van der Waals surface area contributed by atoms with Gasteiger partial charge in [0.2, 0.25) is 0 Å². The van der Waals surface area contributed by atoms with Crippen LogP contribution < -0.4 is 10.1 Å². The van der Waals surface area contributed by atoms with Gasteiger partial charge in [-0.2, -0.15) is 0 Å². The van der Waals surface area contributed by atoms with E-state index in [2.05, 4.69) is 29.0 Å². The highest BCUT2D eigenvalue weighted by molar-refractivity contribution is 5.80. The summed E-state index contributed by atoms with van der Waals surface area (Å²) >= 11 is 0. The lowest BCUT2D eigenvalue weighted by atomic mass is 10.0. The van der Waals surface area contributed by atoms with Crippen LogP contribution in [-0.4, -0.2) is 81.4 Å². The molecule has 162 valence electrons. The number of rotatable bonds is 11. The lowest BCUT2D eigenvalue weighted by Gasteiger charge is -2.36. The van der Waals surface area contributed by atoms with Crippen LogP contribution in [0.25, 0.3) is 0 Å². The Morgan fingerprint density at radius 1 is 1.07 bits per heavy atom. The Bertz CT molecular complexity index is 611. The Balaban J connectivity index is 1.41. The van der Waals surface area contributed by atoms with Crippen molar-refractivity contribution in [3.8, 4) is 5.75 Å². The summed E-state index contributed by atoms with van der Waals surface area (Å²) < 4.78 is 11.4. The van der Waals surface area contributed by atoms with Crippen LogP contribution >= 0.6 is 0 Å². The summed E-state index contributed by atoms with van der Waals surface area (Å²) in [7, 11) is 0. The van der Waals surface area contributed by atoms with E-state index in [0.29, 0.717) is 5.41 Å². The van der Waals surface area contributed by atoms with E-state index in [1.165, 1.54) is 12.8 Å². The van der Waals surface area contributed by atoms with Gasteiger partial charge in [0.25, 0.3) is 0 Å². The van der Waals surface area contributed by atoms with Crippen LogP contribution in [0.3, 0.4) is 0 Å². The number of nitrogens with zero attached hydrogens (tertiary/aromatic N) is 3. The Hall–Kier alpha value is -1.79. The van der Waals surface area contributed by atoms with Gasteiger partial charge in [0.1, 0.15) is 12.4 Å². The van der Waals surface area contributed by atoms with Gasteiger partial charge in [0.05, 0.1) is 0 Å². The second-order valence-corrected chi connectivity index (χ2v) is 8.11. The first-order valence-electron chi connectivity index (χ1n) is 11.3. The van der Waals surface area contributed by atoms with Gasteiger partial charge in [-0.25, -0.2) is 0 Å². The van der Waals surface area contributed by atoms with Crippen molar-refractivity contribution in [3.63, 3.8) is 0 Å². The smallest absolute Gasteiger partial charge is 0.194 e. The number of para-hydroxylation sites is 1. The van der Waals surface area contributed by atoms with Crippen molar-refractivity contribution in [1.82, 2.24) is 15.1 Å². The van der Waals surface area contributed by atoms with E-state index in [-0.39, 0.29) is 0 Å². The predicted molar refractivity (Wildman–Crippen MR) is 119 cm³/mol. The molecule has 2 fully saturated rings. The summed E-state index contributed by atoms with van der Waals surface area (Å²) in [5.74, 6) is 2.03. The minimum Gasteiger partial charge on any atom is -0.492 e.